The van der Waals surface area contributed by atoms with Crippen LogP contribution in [-0.2, 0) is 4.74 Å². The van der Waals surface area contributed by atoms with Crippen LogP contribution in [0, 0.1) is 6.92 Å². The molecule has 8 nitrogen and oxygen atoms in total. The van der Waals surface area contributed by atoms with Crippen LogP contribution in [-0.4, -0.2) is 69.0 Å². The van der Waals surface area contributed by atoms with E-state index in [-0.39, 0.29) is 24.3 Å². The minimum absolute atomic E-state index is 0.00241. The van der Waals surface area contributed by atoms with E-state index in [1.165, 1.54) is 12.1 Å². The van der Waals surface area contributed by atoms with Gasteiger partial charge in [0.25, 0.3) is 0 Å². The summed E-state index contributed by atoms with van der Waals surface area (Å²) in [6.45, 7) is 1.53. The Balaban J connectivity index is 0.000000235. The smallest absolute Gasteiger partial charge is 0.335 e. The van der Waals surface area contributed by atoms with E-state index in [1.54, 1.807) is 6.92 Å². The maximum Gasteiger partial charge on any atom is 0.335 e. The van der Waals surface area contributed by atoms with Gasteiger partial charge in [-0.1, -0.05) is 0 Å². The number of hydrogen-bond acceptors (Lipinski definition) is 6. The van der Waals surface area contributed by atoms with Crippen molar-refractivity contribution in [3.63, 3.8) is 0 Å². The zero-order chi connectivity index (χ0) is 16.9. The second-order valence-electron chi connectivity index (χ2n) is 4.81. The van der Waals surface area contributed by atoms with E-state index in [0.29, 0.717) is 5.56 Å². The first-order valence-electron chi connectivity index (χ1n) is 6.43. The summed E-state index contributed by atoms with van der Waals surface area (Å²) in [5.41, 5.74) is 0.618. The number of carboxylic acid groups (broad SMARTS) is 2. The van der Waals surface area contributed by atoms with Crippen LogP contribution in [0.5, 0.6) is 0 Å². The molecule has 0 amide bonds. The molecule has 0 unspecified atom stereocenters. The first-order chi connectivity index (χ1) is 10.3. The Hall–Kier alpha value is -2.00. The normalized spacial score (nSPS) is 23.5. The third-order valence-electron chi connectivity index (χ3n) is 3.01. The summed E-state index contributed by atoms with van der Waals surface area (Å²) in [6.07, 6.45) is -2.35. The Morgan fingerprint density at radius 2 is 1.64 bits per heavy atom. The summed E-state index contributed by atoms with van der Waals surface area (Å²) >= 11 is 0. The van der Waals surface area contributed by atoms with Crippen LogP contribution in [0.25, 0.3) is 0 Å². The zero-order valence-electron chi connectivity index (χ0n) is 11.8. The van der Waals surface area contributed by atoms with Crippen LogP contribution in [0.1, 0.15) is 26.3 Å². The highest BCUT2D eigenvalue weighted by atomic mass is 16.5. The third-order valence-corrected chi connectivity index (χ3v) is 3.01. The van der Waals surface area contributed by atoms with E-state index in [4.69, 9.17) is 30.3 Å². The highest BCUT2D eigenvalue weighted by Crippen LogP contribution is 2.12. The first kappa shape index (κ1) is 18.1. The number of benzene rings is 1. The molecule has 0 aromatic heterocycles. The predicted octanol–water partition coefficient (Wildman–Crippen LogP) is -0.509. The summed E-state index contributed by atoms with van der Waals surface area (Å²) in [7, 11) is 0. The van der Waals surface area contributed by atoms with Gasteiger partial charge in [0, 0.05) is 0 Å². The average Bonchev–Trinajstić information content (AvgIpc) is 2.78. The molecule has 0 radical (unpaired) electrons. The molecule has 0 spiro atoms. The Kier molecular flexibility index (Phi) is 6.44. The number of carboxylic acids is 2. The zero-order valence-corrected chi connectivity index (χ0v) is 11.8. The van der Waals surface area contributed by atoms with Crippen molar-refractivity contribution in [1.82, 2.24) is 0 Å². The summed E-state index contributed by atoms with van der Waals surface area (Å²) in [4.78, 5) is 21.1. The molecule has 1 saturated heterocycles. The Labute approximate surface area is 126 Å². The summed E-state index contributed by atoms with van der Waals surface area (Å²) in [6, 6.07) is 3.99. The predicted molar refractivity (Wildman–Crippen MR) is 73.9 cm³/mol. The van der Waals surface area contributed by atoms with E-state index >= 15 is 0 Å². The Morgan fingerprint density at radius 3 is 1.91 bits per heavy atom. The number of carbonyl (C=O) groups is 2. The molecule has 2 rings (SSSR count). The number of aliphatic hydroxyl groups is 3. The molecule has 1 aliphatic rings. The van der Waals surface area contributed by atoms with Gasteiger partial charge >= 0.3 is 11.9 Å². The molecular formula is C14H18O8. The Morgan fingerprint density at radius 1 is 1.14 bits per heavy atom. The number of aliphatic hydroxyl groups excluding tert-OH is 3. The average molecular weight is 314 g/mol. The van der Waals surface area contributed by atoms with Gasteiger partial charge < -0.3 is 30.3 Å². The van der Waals surface area contributed by atoms with Crippen LogP contribution >= 0.6 is 0 Å². The van der Waals surface area contributed by atoms with E-state index in [9.17, 15) is 9.59 Å². The summed E-state index contributed by atoms with van der Waals surface area (Å²) in [5, 5.41) is 43.4. The molecule has 0 bridgehead atoms. The lowest BCUT2D eigenvalue weighted by Crippen LogP contribution is -2.31. The highest BCUT2D eigenvalue weighted by Gasteiger charge is 2.33. The second-order valence-corrected chi connectivity index (χ2v) is 4.81. The van der Waals surface area contributed by atoms with Gasteiger partial charge in [-0.2, -0.15) is 0 Å². The molecule has 1 aliphatic heterocycles. The molecule has 0 aliphatic carbocycles. The van der Waals surface area contributed by atoms with Crippen LogP contribution in [0.3, 0.4) is 0 Å². The van der Waals surface area contributed by atoms with Crippen molar-refractivity contribution >= 4 is 11.9 Å². The lowest BCUT2D eigenvalue weighted by Gasteiger charge is -2.10. The maximum absolute atomic E-state index is 10.5. The molecule has 1 aromatic carbocycles. The highest BCUT2D eigenvalue weighted by molar-refractivity contribution is 5.94. The minimum Gasteiger partial charge on any atom is -0.478 e. The SMILES string of the molecule is Cc1cc(C(=O)O)cc(C(=O)O)c1.OC[C@H]1OC[C@H](O)[C@@H]1O. The standard InChI is InChI=1S/C9H8O4.C5H10O4/c1-5-2-6(8(10)11)4-7(3-5)9(12)13;6-1-4-5(8)3(7)2-9-4/h2-4H,1H3,(H,10,11)(H,12,13);3-8H,1-2H2/t;3-,4+,5-/m.0/s1. The quantitative estimate of drug-likeness (QED) is 0.501. The number of ether oxygens (including phenoxy) is 1. The summed E-state index contributed by atoms with van der Waals surface area (Å²) < 4.78 is 4.78. The monoisotopic (exact) mass is 314 g/mol. The largest absolute Gasteiger partial charge is 0.478 e. The van der Waals surface area contributed by atoms with Gasteiger partial charge in [0.15, 0.2) is 0 Å². The molecule has 3 atom stereocenters. The van der Waals surface area contributed by atoms with Crippen molar-refractivity contribution < 1.29 is 39.9 Å². The van der Waals surface area contributed by atoms with Crippen LogP contribution in [0.2, 0.25) is 0 Å². The lowest BCUT2D eigenvalue weighted by atomic mass is 10.1. The lowest BCUT2D eigenvalue weighted by molar-refractivity contribution is -0.00588. The number of hydrogen-bond donors (Lipinski definition) is 5. The van der Waals surface area contributed by atoms with Crippen molar-refractivity contribution in [2.75, 3.05) is 13.2 Å². The minimum atomic E-state index is -1.12. The van der Waals surface area contributed by atoms with E-state index in [2.05, 4.69) is 0 Å². The third kappa shape index (κ3) is 4.78. The summed E-state index contributed by atoms with van der Waals surface area (Å²) in [5.74, 6) is -2.24. The molecule has 1 heterocycles. The van der Waals surface area contributed by atoms with Gasteiger partial charge in [0.2, 0.25) is 0 Å². The Bertz CT molecular complexity index is 509. The van der Waals surface area contributed by atoms with Crippen molar-refractivity contribution in [3.05, 3.63) is 34.9 Å². The molecule has 5 N–H and O–H groups in total. The van der Waals surface area contributed by atoms with Gasteiger partial charge in [0.05, 0.1) is 24.3 Å². The van der Waals surface area contributed by atoms with Gasteiger partial charge in [-0.05, 0) is 30.7 Å². The van der Waals surface area contributed by atoms with E-state index in [0.717, 1.165) is 6.07 Å². The fourth-order valence-corrected chi connectivity index (χ4v) is 1.86. The molecule has 0 saturated carbocycles. The molecule has 22 heavy (non-hydrogen) atoms. The molecule has 1 fully saturated rings. The van der Waals surface area contributed by atoms with Crippen molar-refractivity contribution in [2.45, 2.75) is 25.2 Å². The molecule has 8 heteroatoms. The van der Waals surface area contributed by atoms with Crippen molar-refractivity contribution in [1.29, 1.82) is 0 Å². The first-order valence-corrected chi connectivity index (χ1v) is 6.43. The van der Waals surface area contributed by atoms with Crippen LogP contribution in [0.4, 0.5) is 0 Å². The number of rotatable bonds is 3. The van der Waals surface area contributed by atoms with E-state index in [1.807, 2.05) is 0 Å². The van der Waals surface area contributed by atoms with Crippen molar-refractivity contribution in [3.8, 4) is 0 Å². The van der Waals surface area contributed by atoms with Crippen molar-refractivity contribution in [2.24, 2.45) is 0 Å². The van der Waals surface area contributed by atoms with Gasteiger partial charge in [-0.15, -0.1) is 0 Å². The number of aryl methyl sites for hydroxylation is 1. The molecule has 1 aromatic rings. The fourth-order valence-electron chi connectivity index (χ4n) is 1.86. The topological polar surface area (TPSA) is 145 Å². The molecular weight excluding hydrogens is 296 g/mol. The second kappa shape index (κ2) is 7.85. The van der Waals surface area contributed by atoms with Gasteiger partial charge in [0.1, 0.15) is 18.3 Å². The van der Waals surface area contributed by atoms with Crippen LogP contribution in [0.15, 0.2) is 18.2 Å². The van der Waals surface area contributed by atoms with E-state index < -0.39 is 30.3 Å². The maximum atomic E-state index is 10.5. The van der Waals surface area contributed by atoms with Crippen LogP contribution < -0.4 is 0 Å². The molecule has 122 valence electrons. The fraction of sp³-hybridized carbons (Fsp3) is 0.429. The van der Waals surface area contributed by atoms with Gasteiger partial charge in [-0.25, -0.2) is 9.59 Å². The van der Waals surface area contributed by atoms with Gasteiger partial charge in [-0.3, -0.25) is 0 Å². The number of aromatic carboxylic acids is 2.